The van der Waals surface area contributed by atoms with E-state index in [1.807, 2.05) is 18.9 Å². The highest BCUT2D eigenvalue weighted by Gasteiger charge is 2.30. The van der Waals surface area contributed by atoms with E-state index in [0.717, 1.165) is 63.0 Å². The third-order valence-electron chi connectivity index (χ3n) is 4.59. The minimum atomic E-state index is 0.0634. The summed E-state index contributed by atoms with van der Waals surface area (Å²) in [5.74, 6) is 3.03. The standard InChI is InChI=1S/C15H30N4OS/c1-15(2,19-6-4-13(20-3)5-7-19)12-17-14(16)18-8-10-21-11-9-18/h13H,4-12H2,1-3H3,(H2,16,17). The number of thioether (sulfide) groups is 1. The van der Waals surface area contributed by atoms with Gasteiger partial charge in [-0.2, -0.15) is 11.8 Å². The number of guanidine groups is 1. The van der Waals surface area contributed by atoms with Gasteiger partial charge in [0.2, 0.25) is 0 Å². The molecule has 0 spiro atoms. The molecule has 2 rings (SSSR count). The van der Waals surface area contributed by atoms with Gasteiger partial charge >= 0.3 is 0 Å². The predicted octanol–water partition coefficient (Wildman–Crippen LogP) is 1.24. The van der Waals surface area contributed by atoms with Crippen molar-refractivity contribution < 1.29 is 4.74 Å². The highest BCUT2D eigenvalue weighted by atomic mass is 32.2. The van der Waals surface area contributed by atoms with E-state index in [4.69, 9.17) is 10.5 Å². The van der Waals surface area contributed by atoms with Gasteiger partial charge in [-0.15, -0.1) is 0 Å². The van der Waals surface area contributed by atoms with Gasteiger partial charge in [-0.3, -0.25) is 9.89 Å². The minimum Gasteiger partial charge on any atom is -0.381 e. The summed E-state index contributed by atoms with van der Waals surface area (Å²) in [5, 5.41) is 0. The summed E-state index contributed by atoms with van der Waals surface area (Å²) in [7, 11) is 1.81. The first-order valence-electron chi connectivity index (χ1n) is 7.93. The molecule has 21 heavy (non-hydrogen) atoms. The molecule has 0 radical (unpaired) electrons. The van der Waals surface area contributed by atoms with Crippen LogP contribution in [0, 0.1) is 0 Å². The maximum atomic E-state index is 6.16. The molecule has 2 saturated heterocycles. The molecule has 0 aliphatic carbocycles. The number of hydrogen-bond acceptors (Lipinski definition) is 4. The van der Waals surface area contributed by atoms with E-state index in [9.17, 15) is 0 Å². The average Bonchev–Trinajstić information content (AvgIpc) is 2.53. The molecular weight excluding hydrogens is 284 g/mol. The van der Waals surface area contributed by atoms with E-state index in [2.05, 4.69) is 28.6 Å². The van der Waals surface area contributed by atoms with Crippen molar-refractivity contribution >= 4 is 17.7 Å². The van der Waals surface area contributed by atoms with Gasteiger partial charge < -0.3 is 15.4 Å². The molecule has 6 heteroatoms. The SMILES string of the molecule is COC1CCN(C(C)(C)CN=C(N)N2CCSCC2)CC1. The van der Waals surface area contributed by atoms with Gasteiger partial charge in [0, 0.05) is 50.3 Å². The maximum Gasteiger partial charge on any atom is 0.191 e. The van der Waals surface area contributed by atoms with Crippen molar-refractivity contribution in [3.8, 4) is 0 Å². The van der Waals surface area contributed by atoms with Gasteiger partial charge in [-0.05, 0) is 26.7 Å². The van der Waals surface area contributed by atoms with Crippen LogP contribution in [0.1, 0.15) is 26.7 Å². The van der Waals surface area contributed by atoms with Gasteiger partial charge in [0.1, 0.15) is 0 Å². The Morgan fingerprint density at radius 3 is 2.43 bits per heavy atom. The Labute approximate surface area is 133 Å². The lowest BCUT2D eigenvalue weighted by atomic mass is 9.97. The predicted molar refractivity (Wildman–Crippen MR) is 91.1 cm³/mol. The van der Waals surface area contributed by atoms with Crippen LogP contribution in [0.15, 0.2) is 4.99 Å². The van der Waals surface area contributed by atoms with Crippen LogP contribution >= 0.6 is 11.8 Å². The van der Waals surface area contributed by atoms with Crippen molar-refractivity contribution in [2.75, 3.05) is 51.3 Å². The Morgan fingerprint density at radius 2 is 1.86 bits per heavy atom. The van der Waals surface area contributed by atoms with E-state index in [1.54, 1.807) is 0 Å². The lowest BCUT2D eigenvalue weighted by molar-refractivity contribution is 0.00905. The number of piperidine rings is 1. The zero-order valence-electron chi connectivity index (χ0n) is 13.7. The number of rotatable bonds is 4. The minimum absolute atomic E-state index is 0.0634. The van der Waals surface area contributed by atoms with Crippen LogP contribution in [-0.2, 0) is 4.74 Å². The summed E-state index contributed by atoms with van der Waals surface area (Å²) in [6.07, 6.45) is 2.65. The van der Waals surface area contributed by atoms with Crippen LogP contribution in [-0.4, -0.2) is 78.7 Å². The molecule has 122 valence electrons. The lowest BCUT2D eigenvalue weighted by Gasteiger charge is -2.42. The second kappa shape index (κ2) is 7.70. The van der Waals surface area contributed by atoms with Crippen molar-refractivity contribution in [1.29, 1.82) is 0 Å². The summed E-state index contributed by atoms with van der Waals surface area (Å²) in [6.45, 7) is 9.52. The molecule has 2 aliphatic heterocycles. The Morgan fingerprint density at radius 1 is 1.24 bits per heavy atom. The molecule has 2 heterocycles. The maximum absolute atomic E-state index is 6.16. The molecule has 2 N–H and O–H groups in total. The second-order valence-electron chi connectivity index (χ2n) is 6.51. The largest absolute Gasteiger partial charge is 0.381 e. The van der Waals surface area contributed by atoms with Crippen LogP contribution in [0.25, 0.3) is 0 Å². The fraction of sp³-hybridized carbons (Fsp3) is 0.933. The molecule has 0 amide bonds. The van der Waals surface area contributed by atoms with E-state index in [0.29, 0.717) is 6.10 Å². The number of nitrogens with zero attached hydrogens (tertiary/aromatic N) is 3. The highest BCUT2D eigenvalue weighted by Crippen LogP contribution is 2.22. The molecule has 2 aliphatic rings. The van der Waals surface area contributed by atoms with Crippen LogP contribution in [0.2, 0.25) is 0 Å². The van der Waals surface area contributed by atoms with E-state index in [-0.39, 0.29) is 5.54 Å². The summed E-state index contributed by atoms with van der Waals surface area (Å²) in [6, 6.07) is 0. The van der Waals surface area contributed by atoms with Crippen LogP contribution in [0.4, 0.5) is 0 Å². The number of likely N-dealkylation sites (tertiary alicyclic amines) is 1. The van der Waals surface area contributed by atoms with E-state index < -0.39 is 0 Å². The van der Waals surface area contributed by atoms with E-state index in [1.165, 1.54) is 0 Å². The summed E-state index contributed by atoms with van der Waals surface area (Å²) in [4.78, 5) is 9.40. The summed E-state index contributed by atoms with van der Waals surface area (Å²) >= 11 is 1.99. The first kappa shape index (κ1) is 16.9. The Bertz CT molecular complexity index is 348. The van der Waals surface area contributed by atoms with Crippen LogP contribution in [0.3, 0.4) is 0 Å². The third kappa shape index (κ3) is 4.76. The number of nitrogens with two attached hydrogens (primary N) is 1. The number of hydrogen-bond donors (Lipinski definition) is 1. The van der Waals surface area contributed by atoms with Gasteiger partial charge in [-0.25, -0.2) is 0 Å². The van der Waals surface area contributed by atoms with Gasteiger partial charge in [0.15, 0.2) is 5.96 Å². The zero-order valence-corrected chi connectivity index (χ0v) is 14.5. The Balaban J connectivity index is 1.85. The molecule has 0 saturated carbocycles. The van der Waals surface area contributed by atoms with Crippen LogP contribution < -0.4 is 5.73 Å². The van der Waals surface area contributed by atoms with Crippen molar-refractivity contribution in [3.05, 3.63) is 0 Å². The second-order valence-corrected chi connectivity index (χ2v) is 7.73. The molecule has 2 fully saturated rings. The van der Waals surface area contributed by atoms with Crippen molar-refractivity contribution in [2.24, 2.45) is 10.7 Å². The zero-order chi connectivity index (χ0) is 15.3. The fourth-order valence-electron chi connectivity index (χ4n) is 2.96. The van der Waals surface area contributed by atoms with Crippen molar-refractivity contribution in [1.82, 2.24) is 9.80 Å². The van der Waals surface area contributed by atoms with E-state index >= 15 is 0 Å². The molecule has 0 aromatic carbocycles. The Hall–Kier alpha value is -0.460. The quantitative estimate of drug-likeness (QED) is 0.625. The smallest absolute Gasteiger partial charge is 0.191 e. The van der Waals surface area contributed by atoms with Crippen molar-refractivity contribution in [2.45, 2.75) is 38.3 Å². The van der Waals surface area contributed by atoms with Crippen LogP contribution in [0.5, 0.6) is 0 Å². The number of ether oxygens (including phenoxy) is 1. The molecule has 0 unspecified atom stereocenters. The molecule has 0 aromatic rings. The molecular formula is C15H30N4OS. The highest BCUT2D eigenvalue weighted by molar-refractivity contribution is 7.99. The fourth-order valence-corrected chi connectivity index (χ4v) is 3.87. The van der Waals surface area contributed by atoms with Gasteiger partial charge in [0.05, 0.1) is 12.6 Å². The topological polar surface area (TPSA) is 54.1 Å². The summed E-state index contributed by atoms with van der Waals surface area (Å²) in [5.41, 5.74) is 6.22. The third-order valence-corrected chi connectivity index (χ3v) is 5.54. The normalized spacial score (nSPS) is 23.6. The number of aliphatic imine (C=N–C) groups is 1. The molecule has 0 atom stereocenters. The van der Waals surface area contributed by atoms with Gasteiger partial charge in [-0.1, -0.05) is 0 Å². The lowest BCUT2D eigenvalue weighted by Crippen LogP contribution is -2.52. The summed E-state index contributed by atoms with van der Waals surface area (Å²) < 4.78 is 5.45. The molecule has 5 nitrogen and oxygen atoms in total. The molecule has 0 aromatic heterocycles. The monoisotopic (exact) mass is 314 g/mol. The average molecular weight is 314 g/mol. The van der Waals surface area contributed by atoms with Gasteiger partial charge in [0.25, 0.3) is 0 Å². The number of methoxy groups -OCH3 is 1. The first-order valence-corrected chi connectivity index (χ1v) is 9.09. The first-order chi connectivity index (χ1) is 10.0. The molecule has 0 bridgehead atoms. The van der Waals surface area contributed by atoms with Crippen molar-refractivity contribution in [3.63, 3.8) is 0 Å². The Kier molecular flexibility index (Phi) is 6.20.